The Kier molecular flexibility index (Phi) is 3.56. The van der Waals surface area contributed by atoms with Crippen LogP contribution in [-0.2, 0) is 0 Å². The van der Waals surface area contributed by atoms with Crippen LogP contribution in [0.2, 0.25) is 0 Å². The molecule has 116 valence electrons. The van der Waals surface area contributed by atoms with Crippen molar-refractivity contribution >= 4 is 11.6 Å². The number of hydrogen-bond acceptors (Lipinski definition) is 5. The largest absolute Gasteiger partial charge is 0.392 e. The predicted molar refractivity (Wildman–Crippen MR) is 84.7 cm³/mol. The molecule has 3 N–H and O–H groups in total. The number of aromatic nitrogens is 2. The highest BCUT2D eigenvalue weighted by atomic mass is 16.3. The van der Waals surface area contributed by atoms with Crippen molar-refractivity contribution in [1.29, 1.82) is 0 Å². The summed E-state index contributed by atoms with van der Waals surface area (Å²) in [6.07, 6.45) is 2.95. The lowest BCUT2D eigenvalue weighted by Gasteiger charge is -2.49. The fourth-order valence-electron chi connectivity index (χ4n) is 2.85. The summed E-state index contributed by atoms with van der Waals surface area (Å²) in [6.45, 7) is 9.19. The van der Waals surface area contributed by atoms with Crippen LogP contribution in [0.3, 0.4) is 0 Å². The van der Waals surface area contributed by atoms with E-state index in [1.54, 1.807) is 0 Å². The van der Waals surface area contributed by atoms with E-state index in [4.69, 9.17) is 4.98 Å². The summed E-state index contributed by atoms with van der Waals surface area (Å²) in [5.74, 6) is 3.35. The Bertz CT molecular complexity index is 539. The van der Waals surface area contributed by atoms with E-state index in [0.717, 1.165) is 36.0 Å². The second kappa shape index (κ2) is 5.13. The number of aliphatic hydroxyl groups is 1. The molecule has 1 aromatic rings. The molecule has 5 nitrogen and oxygen atoms in total. The van der Waals surface area contributed by atoms with Gasteiger partial charge >= 0.3 is 0 Å². The van der Waals surface area contributed by atoms with E-state index >= 15 is 0 Å². The Morgan fingerprint density at radius 3 is 2.43 bits per heavy atom. The van der Waals surface area contributed by atoms with E-state index in [1.807, 2.05) is 0 Å². The monoisotopic (exact) mass is 290 g/mol. The third-order valence-electron chi connectivity index (χ3n) is 4.98. The normalized spacial score (nSPS) is 27.1. The lowest BCUT2D eigenvalue weighted by atomic mass is 9.64. The lowest BCUT2D eigenvalue weighted by Crippen LogP contribution is -2.57. The van der Waals surface area contributed by atoms with E-state index in [1.165, 1.54) is 12.8 Å². The molecule has 0 aromatic carbocycles. The summed E-state index contributed by atoms with van der Waals surface area (Å²) in [6, 6.07) is 0.266. The Morgan fingerprint density at radius 2 is 1.90 bits per heavy atom. The second-order valence-electron chi connectivity index (χ2n) is 6.98. The lowest BCUT2D eigenvalue weighted by molar-refractivity contribution is -0.0511. The van der Waals surface area contributed by atoms with Crippen molar-refractivity contribution in [3.8, 4) is 0 Å². The topological polar surface area (TPSA) is 70.1 Å². The minimum Gasteiger partial charge on any atom is -0.392 e. The highest BCUT2D eigenvalue weighted by molar-refractivity contribution is 5.58. The molecule has 0 spiro atoms. The highest BCUT2D eigenvalue weighted by Crippen LogP contribution is 2.43. The fraction of sp³-hybridized carbons (Fsp3) is 0.750. The van der Waals surface area contributed by atoms with Crippen LogP contribution in [0.25, 0.3) is 0 Å². The van der Waals surface area contributed by atoms with E-state index in [0.29, 0.717) is 5.92 Å². The fourth-order valence-corrected chi connectivity index (χ4v) is 2.85. The van der Waals surface area contributed by atoms with Gasteiger partial charge in [-0.3, -0.25) is 0 Å². The first-order chi connectivity index (χ1) is 9.93. The quantitative estimate of drug-likeness (QED) is 0.778. The Morgan fingerprint density at radius 1 is 1.24 bits per heavy atom. The number of hydrogen-bond donors (Lipinski definition) is 3. The van der Waals surface area contributed by atoms with Crippen molar-refractivity contribution in [2.45, 2.75) is 65.0 Å². The first-order valence-electron chi connectivity index (χ1n) is 8.00. The van der Waals surface area contributed by atoms with Gasteiger partial charge in [-0.25, -0.2) is 9.97 Å². The molecule has 0 saturated heterocycles. The van der Waals surface area contributed by atoms with Crippen molar-refractivity contribution in [2.24, 2.45) is 5.41 Å². The molecule has 21 heavy (non-hydrogen) atoms. The molecule has 2 unspecified atom stereocenters. The van der Waals surface area contributed by atoms with Gasteiger partial charge in [0.15, 0.2) is 0 Å². The summed E-state index contributed by atoms with van der Waals surface area (Å²) in [5, 5.41) is 16.8. The zero-order valence-corrected chi connectivity index (χ0v) is 13.4. The van der Waals surface area contributed by atoms with Crippen molar-refractivity contribution in [3.63, 3.8) is 0 Å². The number of aliphatic hydroxyl groups excluding tert-OH is 1. The maximum Gasteiger partial charge on any atom is 0.136 e. The van der Waals surface area contributed by atoms with Gasteiger partial charge in [0.2, 0.25) is 0 Å². The molecule has 1 heterocycles. The van der Waals surface area contributed by atoms with Gasteiger partial charge in [-0.05, 0) is 33.1 Å². The molecule has 5 heteroatoms. The smallest absolute Gasteiger partial charge is 0.136 e. The second-order valence-corrected chi connectivity index (χ2v) is 6.98. The summed E-state index contributed by atoms with van der Waals surface area (Å²) >= 11 is 0. The van der Waals surface area contributed by atoms with Gasteiger partial charge in [0.1, 0.15) is 17.5 Å². The van der Waals surface area contributed by atoms with Crippen molar-refractivity contribution in [3.05, 3.63) is 11.4 Å². The molecule has 2 saturated carbocycles. The van der Waals surface area contributed by atoms with Gasteiger partial charge in [0.25, 0.3) is 0 Å². The molecule has 2 aliphatic rings. The van der Waals surface area contributed by atoms with Gasteiger partial charge in [0.05, 0.1) is 6.10 Å². The molecule has 2 fully saturated rings. The average Bonchev–Trinajstić information content (AvgIpc) is 3.27. The summed E-state index contributed by atoms with van der Waals surface area (Å²) in [7, 11) is 0. The molecule has 2 atom stereocenters. The van der Waals surface area contributed by atoms with E-state index in [9.17, 15) is 5.11 Å². The van der Waals surface area contributed by atoms with Gasteiger partial charge < -0.3 is 15.7 Å². The Balaban J connectivity index is 1.86. The molecule has 0 bridgehead atoms. The molecule has 0 radical (unpaired) electrons. The van der Waals surface area contributed by atoms with Gasteiger partial charge in [-0.1, -0.05) is 13.8 Å². The van der Waals surface area contributed by atoms with E-state index < -0.39 is 0 Å². The molecular weight excluding hydrogens is 264 g/mol. The Hall–Kier alpha value is -1.36. The van der Waals surface area contributed by atoms with Gasteiger partial charge in [-0.2, -0.15) is 0 Å². The maximum absolute atomic E-state index is 9.90. The first kappa shape index (κ1) is 14.6. The molecule has 2 aliphatic carbocycles. The van der Waals surface area contributed by atoms with Crippen LogP contribution in [0.1, 0.15) is 57.3 Å². The molecule has 3 rings (SSSR count). The first-order valence-corrected chi connectivity index (χ1v) is 8.00. The van der Waals surface area contributed by atoms with Crippen molar-refractivity contribution in [2.75, 3.05) is 17.2 Å². The average molecular weight is 290 g/mol. The molecular formula is C16H26N4O. The number of nitrogens with one attached hydrogen (secondary N) is 2. The van der Waals surface area contributed by atoms with E-state index in [2.05, 4.69) is 43.3 Å². The number of nitrogens with zero attached hydrogens (tertiary/aromatic N) is 2. The van der Waals surface area contributed by atoms with Crippen LogP contribution in [-0.4, -0.2) is 33.8 Å². The third kappa shape index (κ3) is 2.59. The number of rotatable bonds is 5. The maximum atomic E-state index is 9.90. The van der Waals surface area contributed by atoms with Crippen molar-refractivity contribution in [1.82, 2.24) is 9.97 Å². The molecule has 1 aromatic heterocycles. The van der Waals surface area contributed by atoms with Crippen LogP contribution < -0.4 is 10.6 Å². The van der Waals surface area contributed by atoms with E-state index in [-0.39, 0.29) is 17.6 Å². The van der Waals surface area contributed by atoms with Crippen LogP contribution >= 0.6 is 0 Å². The zero-order valence-electron chi connectivity index (χ0n) is 13.4. The zero-order chi connectivity index (χ0) is 15.2. The highest BCUT2D eigenvalue weighted by Gasteiger charge is 2.47. The predicted octanol–water partition coefficient (Wildman–Crippen LogP) is 2.67. The SMILES string of the molecule is CCNc1nc(C2CC2)nc(NC2CC(O)C2(C)C)c1C. The molecule has 0 aliphatic heterocycles. The summed E-state index contributed by atoms with van der Waals surface area (Å²) in [4.78, 5) is 9.42. The minimum absolute atomic E-state index is 0.102. The van der Waals surface area contributed by atoms with Crippen molar-refractivity contribution < 1.29 is 5.11 Å². The van der Waals surface area contributed by atoms with Crippen LogP contribution in [0.15, 0.2) is 0 Å². The number of anilines is 2. The van der Waals surface area contributed by atoms with Crippen LogP contribution in [0.4, 0.5) is 11.6 Å². The summed E-state index contributed by atoms with van der Waals surface area (Å²) < 4.78 is 0. The summed E-state index contributed by atoms with van der Waals surface area (Å²) in [5.41, 5.74) is 0.966. The van der Waals surface area contributed by atoms with Gasteiger partial charge in [0, 0.05) is 29.5 Å². The van der Waals surface area contributed by atoms with Crippen LogP contribution in [0.5, 0.6) is 0 Å². The molecule has 0 amide bonds. The third-order valence-corrected chi connectivity index (χ3v) is 4.98. The van der Waals surface area contributed by atoms with Crippen LogP contribution in [0, 0.1) is 12.3 Å². The Labute approximate surface area is 126 Å². The minimum atomic E-state index is -0.228. The standard InChI is InChI=1S/C16H26N4O/c1-5-17-13-9(2)14(20-15(19-13)10-6-7-10)18-11-8-12(21)16(11,3)4/h10-12,21H,5-8H2,1-4H3,(H2,17,18,19,20). The van der Waals surface area contributed by atoms with Gasteiger partial charge in [-0.15, -0.1) is 0 Å².